The van der Waals surface area contributed by atoms with Gasteiger partial charge in [0, 0.05) is 18.4 Å². The first kappa shape index (κ1) is 17.2. The van der Waals surface area contributed by atoms with Crippen LogP contribution in [0.3, 0.4) is 0 Å². The number of carbonyl (C=O) groups is 1. The molecule has 0 saturated heterocycles. The van der Waals surface area contributed by atoms with Gasteiger partial charge in [0.15, 0.2) is 11.6 Å². The number of ether oxygens (including phenoxy) is 1. The molecule has 0 bridgehead atoms. The lowest BCUT2D eigenvalue weighted by Gasteiger charge is -2.12. The third-order valence-electron chi connectivity index (χ3n) is 3.01. The van der Waals surface area contributed by atoms with Crippen LogP contribution in [-0.4, -0.2) is 11.0 Å². The second-order valence-electron chi connectivity index (χ2n) is 4.67. The minimum Gasteiger partial charge on any atom is -0.453 e. The highest BCUT2D eigenvalue weighted by atomic mass is 35.5. The molecule has 2 aromatic rings. The van der Waals surface area contributed by atoms with Crippen LogP contribution < -0.4 is 10.5 Å². The summed E-state index contributed by atoms with van der Waals surface area (Å²) >= 11 is 5.93. The zero-order chi connectivity index (χ0) is 17.0. The van der Waals surface area contributed by atoms with Crippen LogP contribution in [0.1, 0.15) is 17.5 Å². The van der Waals surface area contributed by atoms with Gasteiger partial charge >= 0.3 is 0 Å². The van der Waals surface area contributed by atoms with E-state index in [1.165, 1.54) is 30.7 Å². The molecule has 1 amide bonds. The molecule has 0 heterocycles. The van der Waals surface area contributed by atoms with E-state index in [0.717, 1.165) is 6.07 Å². The van der Waals surface area contributed by atoms with Crippen LogP contribution >= 0.6 is 11.6 Å². The first-order chi connectivity index (χ1) is 10.9. The fourth-order valence-corrected chi connectivity index (χ4v) is 2.05. The predicted molar refractivity (Wildman–Crippen MR) is 81.0 cm³/mol. The van der Waals surface area contributed by atoms with Crippen molar-refractivity contribution in [3.05, 3.63) is 64.5 Å². The molecule has 2 aromatic carbocycles. The van der Waals surface area contributed by atoms with Gasteiger partial charge in [0.2, 0.25) is 5.91 Å². The van der Waals surface area contributed by atoms with Crippen molar-refractivity contribution in [3.63, 3.8) is 0 Å². The van der Waals surface area contributed by atoms with Gasteiger partial charge in [-0.05, 0) is 29.8 Å². The molecule has 23 heavy (non-hydrogen) atoms. The molecule has 0 aliphatic carbocycles. The van der Waals surface area contributed by atoms with E-state index in [-0.39, 0.29) is 34.1 Å². The summed E-state index contributed by atoms with van der Waals surface area (Å²) in [6.45, 7) is -0.522. The normalized spacial score (nSPS) is 10.6. The molecule has 0 aromatic heterocycles. The molecule has 0 fully saturated rings. The number of rotatable bonds is 6. The van der Waals surface area contributed by atoms with E-state index >= 15 is 0 Å². The second-order valence-corrected chi connectivity index (χ2v) is 5.07. The molecule has 0 saturated carbocycles. The number of amides is 1. The largest absolute Gasteiger partial charge is 0.453 e. The first-order valence-electron chi connectivity index (χ1n) is 6.59. The summed E-state index contributed by atoms with van der Waals surface area (Å²) in [5.74, 6) is -2.12. The van der Waals surface area contributed by atoms with Crippen molar-refractivity contribution in [2.45, 2.75) is 13.0 Å². The molecule has 0 unspecified atom stereocenters. The van der Waals surface area contributed by atoms with Gasteiger partial charge in [0.1, 0.15) is 11.6 Å². The molecule has 1 radical (unpaired) electrons. The van der Waals surface area contributed by atoms with Gasteiger partial charge in [0.25, 0.3) is 0 Å². The van der Waals surface area contributed by atoms with Gasteiger partial charge < -0.3 is 15.6 Å². The van der Waals surface area contributed by atoms with Crippen molar-refractivity contribution in [1.29, 1.82) is 0 Å². The molecule has 0 aliphatic rings. The fourth-order valence-electron chi connectivity index (χ4n) is 1.86. The third-order valence-corrected chi connectivity index (χ3v) is 3.31. The lowest BCUT2D eigenvalue weighted by molar-refractivity contribution is -0.117. The Labute approximate surface area is 136 Å². The summed E-state index contributed by atoms with van der Waals surface area (Å²) in [4.78, 5) is 10.8. The van der Waals surface area contributed by atoms with Crippen LogP contribution in [0.2, 0.25) is 5.02 Å². The van der Waals surface area contributed by atoms with Crippen LogP contribution in [0.15, 0.2) is 30.3 Å². The molecule has 3 N–H and O–H groups in total. The number of hydrogen-bond donors (Lipinski definition) is 2. The first-order valence-corrected chi connectivity index (χ1v) is 6.96. The van der Waals surface area contributed by atoms with Crippen LogP contribution in [0.25, 0.3) is 0 Å². The molecular formula is C16H13ClF2NO3. The number of hydrogen-bond acceptors (Lipinski definition) is 3. The number of primary amides is 1. The molecule has 2 rings (SSSR count). The summed E-state index contributed by atoms with van der Waals surface area (Å²) in [6.07, 6.45) is 1.17. The van der Waals surface area contributed by atoms with Gasteiger partial charge in [-0.1, -0.05) is 17.7 Å². The lowest BCUT2D eigenvalue weighted by atomic mass is 10.1. The molecule has 121 valence electrons. The van der Waals surface area contributed by atoms with E-state index in [4.69, 9.17) is 27.2 Å². The van der Waals surface area contributed by atoms with Crippen molar-refractivity contribution < 1.29 is 23.4 Å². The predicted octanol–water partition coefficient (Wildman–Crippen LogP) is 3.33. The van der Waals surface area contributed by atoms with E-state index < -0.39 is 24.1 Å². The monoisotopic (exact) mass is 340 g/mol. The number of nitrogens with two attached hydrogens (primary N) is 1. The summed E-state index contributed by atoms with van der Waals surface area (Å²) < 4.78 is 33.1. The Hall–Kier alpha value is -2.18. The van der Waals surface area contributed by atoms with E-state index in [1.807, 2.05) is 0 Å². The van der Waals surface area contributed by atoms with E-state index in [2.05, 4.69) is 0 Å². The maximum Gasteiger partial charge on any atom is 0.218 e. The Kier molecular flexibility index (Phi) is 5.52. The summed E-state index contributed by atoms with van der Waals surface area (Å²) in [5, 5.41) is 9.05. The minimum atomic E-state index is -0.770. The molecule has 4 nitrogen and oxygen atoms in total. The minimum absolute atomic E-state index is 0.00796. The molecular weight excluding hydrogens is 328 g/mol. The smallest absolute Gasteiger partial charge is 0.218 e. The highest BCUT2D eigenvalue weighted by Crippen LogP contribution is 2.35. The Morgan fingerprint density at radius 1 is 1.30 bits per heavy atom. The number of benzene rings is 2. The summed E-state index contributed by atoms with van der Waals surface area (Å²) in [7, 11) is 0. The highest BCUT2D eigenvalue weighted by Gasteiger charge is 2.16. The van der Waals surface area contributed by atoms with Gasteiger partial charge in [-0.15, -0.1) is 0 Å². The number of carbonyl (C=O) groups excluding carboxylic acids is 1. The third kappa shape index (κ3) is 4.18. The molecule has 7 heteroatoms. The van der Waals surface area contributed by atoms with Crippen molar-refractivity contribution in [2.24, 2.45) is 5.73 Å². The van der Waals surface area contributed by atoms with E-state index in [9.17, 15) is 13.6 Å². The standard InChI is InChI=1S/C16H13ClF2NO3/c17-12-4-1-9(2-6-14(20)22)15(19)16(12)23-11-3-5-13(18)10(7-11)8-21/h1-5,7,21H,6,8H2,(H2,20,22). The topological polar surface area (TPSA) is 72.6 Å². The summed E-state index contributed by atoms with van der Waals surface area (Å²) in [6, 6.07) is 6.41. The molecule has 0 aliphatic heterocycles. The molecule has 0 atom stereocenters. The second kappa shape index (κ2) is 7.39. The SMILES string of the molecule is NC(=O)C[CH]c1ccc(Cl)c(Oc2ccc(F)c(CO)c2)c1F. The van der Waals surface area contributed by atoms with Crippen molar-refractivity contribution in [3.8, 4) is 11.5 Å². The maximum atomic E-state index is 14.4. The van der Waals surface area contributed by atoms with E-state index in [1.54, 1.807) is 0 Å². The Morgan fingerprint density at radius 3 is 2.70 bits per heavy atom. The zero-order valence-electron chi connectivity index (χ0n) is 11.9. The Morgan fingerprint density at radius 2 is 2.04 bits per heavy atom. The van der Waals surface area contributed by atoms with Crippen LogP contribution in [0, 0.1) is 18.1 Å². The maximum absolute atomic E-state index is 14.4. The highest BCUT2D eigenvalue weighted by molar-refractivity contribution is 6.32. The average Bonchev–Trinajstić information content (AvgIpc) is 2.52. The van der Waals surface area contributed by atoms with Crippen LogP contribution in [0.5, 0.6) is 11.5 Å². The van der Waals surface area contributed by atoms with Crippen LogP contribution in [-0.2, 0) is 11.4 Å². The Bertz CT molecular complexity index is 738. The average molecular weight is 341 g/mol. The lowest BCUT2D eigenvalue weighted by Crippen LogP contribution is -2.10. The number of halogens is 3. The fraction of sp³-hybridized carbons (Fsp3) is 0.125. The van der Waals surface area contributed by atoms with Gasteiger partial charge in [-0.3, -0.25) is 4.79 Å². The van der Waals surface area contributed by atoms with Crippen molar-refractivity contribution in [2.75, 3.05) is 0 Å². The zero-order valence-corrected chi connectivity index (χ0v) is 12.6. The number of aliphatic hydroxyl groups excluding tert-OH is 1. The van der Waals surface area contributed by atoms with E-state index in [0.29, 0.717) is 0 Å². The van der Waals surface area contributed by atoms with Gasteiger partial charge in [-0.2, -0.15) is 0 Å². The van der Waals surface area contributed by atoms with Gasteiger partial charge in [0.05, 0.1) is 11.6 Å². The van der Waals surface area contributed by atoms with Gasteiger partial charge in [-0.25, -0.2) is 8.78 Å². The summed E-state index contributed by atoms with van der Waals surface area (Å²) in [5.41, 5.74) is 5.13. The number of aliphatic hydroxyl groups is 1. The molecule has 0 spiro atoms. The van der Waals surface area contributed by atoms with Crippen LogP contribution in [0.4, 0.5) is 8.78 Å². The van der Waals surface area contributed by atoms with Crippen molar-refractivity contribution in [1.82, 2.24) is 0 Å². The van der Waals surface area contributed by atoms with Crippen molar-refractivity contribution >= 4 is 17.5 Å². The quantitative estimate of drug-likeness (QED) is 0.847. The Balaban J connectivity index is 2.31.